The maximum Gasteiger partial charge on any atom is 0.253 e. The van der Waals surface area contributed by atoms with Crippen LogP contribution in [-0.4, -0.2) is 54.1 Å². The molecule has 128 valence electrons. The Morgan fingerprint density at radius 1 is 1.29 bits per heavy atom. The third kappa shape index (κ3) is 3.52. The molecule has 24 heavy (non-hydrogen) atoms. The summed E-state index contributed by atoms with van der Waals surface area (Å²) >= 11 is 0. The molecule has 1 aromatic carbocycles. The second-order valence-electron chi connectivity index (χ2n) is 6.51. The zero-order valence-electron chi connectivity index (χ0n) is 14.6. The van der Waals surface area contributed by atoms with Crippen molar-refractivity contribution in [1.29, 1.82) is 0 Å². The Bertz CT molecular complexity index is 708. The number of ether oxygens (including phenoxy) is 1. The molecular weight excluding hydrogens is 302 g/mol. The van der Waals surface area contributed by atoms with Crippen molar-refractivity contribution in [3.63, 3.8) is 0 Å². The molecule has 1 aromatic heterocycles. The molecule has 0 N–H and O–H groups in total. The Kier molecular flexibility index (Phi) is 5.02. The van der Waals surface area contributed by atoms with Gasteiger partial charge >= 0.3 is 0 Å². The molecule has 0 bridgehead atoms. The van der Waals surface area contributed by atoms with Crippen LogP contribution < -0.4 is 0 Å². The Morgan fingerprint density at radius 3 is 2.83 bits per heavy atom. The lowest BCUT2D eigenvalue weighted by Crippen LogP contribution is -2.39. The number of aryl methyl sites for hydroxylation is 1. The first-order chi connectivity index (χ1) is 11.6. The summed E-state index contributed by atoms with van der Waals surface area (Å²) in [6.45, 7) is 3.15. The summed E-state index contributed by atoms with van der Waals surface area (Å²) in [7, 11) is 5.63. The normalized spacial score (nSPS) is 18.5. The molecule has 0 spiro atoms. The predicted octanol–water partition coefficient (Wildman–Crippen LogP) is 2.30. The minimum atomic E-state index is 0.0396. The van der Waals surface area contributed by atoms with Crippen LogP contribution in [0.1, 0.15) is 27.7 Å². The van der Waals surface area contributed by atoms with E-state index < -0.39 is 0 Å². The number of hydrogen-bond donors (Lipinski definition) is 0. The van der Waals surface area contributed by atoms with E-state index >= 15 is 0 Å². The maximum absolute atomic E-state index is 12.2. The standard InChI is InChI=1S/C19H25N3O2/c1-20(2)19(23)16-7-4-6-15(12-16)13-22-10-11-24-14-18(22)17-8-5-9-21(17)3/h4-9,12,18H,10-11,13-14H2,1-3H3. The van der Waals surface area contributed by atoms with E-state index in [0.29, 0.717) is 6.61 Å². The first-order valence-electron chi connectivity index (χ1n) is 8.30. The van der Waals surface area contributed by atoms with Crippen molar-refractivity contribution in [1.82, 2.24) is 14.4 Å². The monoisotopic (exact) mass is 327 g/mol. The van der Waals surface area contributed by atoms with Gasteiger partial charge in [-0.2, -0.15) is 0 Å². The van der Waals surface area contributed by atoms with E-state index in [2.05, 4.69) is 40.9 Å². The van der Waals surface area contributed by atoms with Gasteiger partial charge in [0.05, 0.1) is 19.3 Å². The number of rotatable bonds is 4. The molecule has 1 aliphatic heterocycles. The zero-order valence-corrected chi connectivity index (χ0v) is 14.6. The highest BCUT2D eigenvalue weighted by Crippen LogP contribution is 2.26. The molecule has 3 rings (SSSR count). The van der Waals surface area contributed by atoms with E-state index in [-0.39, 0.29) is 11.9 Å². The molecule has 2 aromatic rings. The molecular formula is C19H25N3O2. The number of morpholine rings is 1. The lowest BCUT2D eigenvalue weighted by Gasteiger charge is -2.36. The highest BCUT2D eigenvalue weighted by Gasteiger charge is 2.26. The first kappa shape index (κ1) is 16.7. The fourth-order valence-electron chi connectivity index (χ4n) is 3.22. The number of nitrogens with zero attached hydrogens (tertiary/aromatic N) is 3. The Hall–Kier alpha value is -2.11. The fourth-order valence-corrected chi connectivity index (χ4v) is 3.22. The van der Waals surface area contributed by atoms with E-state index in [1.807, 2.05) is 18.2 Å². The Morgan fingerprint density at radius 2 is 2.12 bits per heavy atom. The van der Waals surface area contributed by atoms with Crippen molar-refractivity contribution in [2.45, 2.75) is 12.6 Å². The van der Waals surface area contributed by atoms with E-state index in [4.69, 9.17) is 4.74 Å². The molecule has 0 saturated carbocycles. The minimum Gasteiger partial charge on any atom is -0.378 e. The van der Waals surface area contributed by atoms with Crippen LogP contribution in [0.4, 0.5) is 0 Å². The van der Waals surface area contributed by atoms with Gasteiger partial charge in [0.2, 0.25) is 0 Å². The average molecular weight is 327 g/mol. The van der Waals surface area contributed by atoms with Gasteiger partial charge < -0.3 is 14.2 Å². The molecule has 2 heterocycles. The summed E-state index contributed by atoms with van der Waals surface area (Å²) in [4.78, 5) is 16.2. The first-order valence-corrected chi connectivity index (χ1v) is 8.30. The van der Waals surface area contributed by atoms with Gasteiger partial charge in [-0.1, -0.05) is 12.1 Å². The van der Waals surface area contributed by atoms with Gasteiger partial charge in [-0.15, -0.1) is 0 Å². The topological polar surface area (TPSA) is 37.7 Å². The zero-order chi connectivity index (χ0) is 17.1. The van der Waals surface area contributed by atoms with Crippen LogP contribution in [0.5, 0.6) is 0 Å². The fraction of sp³-hybridized carbons (Fsp3) is 0.421. The van der Waals surface area contributed by atoms with Crippen molar-refractivity contribution < 1.29 is 9.53 Å². The molecule has 0 radical (unpaired) electrons. The van der Waals surface area contributed by atoms with Crippen LogP contribution >= 0.6 is 0 Å². The minimum absolute atomic E-state index is 0.0396. The summed E-state index contributed by atoms with van der Waals surface area (Å²) < 4.78 is 7.86. The van der Waals surface area contributed by atoms with Crippen LogP contribution in [0.2, 0.25) is 0 Å². The smallest absolute Gasteiger partial charge is 0.253 e. The Balaban J connectivity index is 1.80. The summed E-state index contributed by atoms with van der Waals surface area (Å²) in [5.74, 6) is 0.0396. The van der Waals surface area contributed by atoms with E-state index in [9.17, 15) is 4.79 Å². The number of carbonyl (C=O) groups is 1. The van der Waals surface area contributed by atoms with Crippen molar-refractivity contribution in [3.05, 3.63) is 59.4 Å². The van der Waals surface area contributed by atoms with Gasteiger partial charge in [0.15, 0.2) is 0 Å². The van der Waals surface area contributed by atoms with Gasteiger partial charge in [0.25, 0.3) is 5.91 Å². The van der Waals surface area contributed by atoms with E-state index in [1.165, 1.54) is 5.69 Å². The quantitative estimate of drug-likeness (QED) is 0.865. The highest BCUT2D eigenvalue weighted by molar-refractivity contribution is 5.94. The predicted molar refractivity (Wildman–Crippen MR) is 93.8 cm³/mol. The number of amides is 1. The molecule has 1 fully saturated rings. The highest BCUT2D eigenvalue weighted by atomic mass is 16.5. The van der Waals surface area contributed by atoms with Crippen LogP contribution in [0, 0.1) is 0 Å². The second kappa shape index (κ2) is 7.20. The molecule has 1 saturated heterocycles. The van der Waals surface area contributed by atoms with Crippen LogP contribution in [0.25, 0.3) is 0 Å². The molecule has 0 aliphatic carbocycles. The van der Waals surface area contributed by atoms with Crippen molar-refractivity contribution in [2.75, 3.05) is 33.9 Å². The van der Waals surface area contributed by atoms with Gasteiger partial charge in [-0.3, -0.25) is 9.69 Å². The molecule has 5 heteroatoms. The molecule has 1 aliphatic rings. The van der Waals surface area contributed by atoms with Gasteiger partial charge in [-0.05, 0) is 29.8 Å². The van der Waals surface area contributed by atoms with Crippen molar-refractivity contribution in [3.8, 4) is 0 Å². The van der Waals surface area contributed by atoms with E-state index in [0.717, 1.165) is 30.8 Å². The Labute approximate surface area is 143 Å². The van der Waals surface area contributed by atoms with Gasteiger partial charge in [-0.25, -0.2) is 0 Å². The summed E-state index contributed by atoms with van der Waals surface area (Å²) in [5, 5.41) is 0. The molecule has 1 unspecified atom stereocenters. The van der Waals surface area contributed by atoms with Gasteiger partial charge in [0, 0.05) is 51.7 Å². The molecule has 1 atom stereocenters. The third-order valence-corrected chi connectivity index (χ3v) is 4.53. The lowest BCUT2D eigenvalue weighted by atomic mass is 10.1. The second-order valence-corrected chi connectivity index (χ2v) is 6.51. The van der Waals surface area contributed by atoms with Crippen molar-refractivity contribution in [2.24, 2.45) is 7.05 Å². The molecule has 1 amide bonds. The van der Waals surface area contributed by atoms with E-state index in [1.54, 1.807) is 19.0 Å². The summed E-state index contributed by atoms with van der Waals surface area (Å²) in [6, 6.07) is 12.4. The lowest BCUT2D eigenvalue weighted by molar-refractivity contribution is -0.0152. The SMILES string of the molecule is CN(C)C(=O)c1cccc(CN2CCOCC2c2cccn2C)c1. The van der Waals surface area contributed by atoms with Crippen LogP contribution in [-0.2, 0) is 18.3 Å². The number of carbonyl (C=O) groups excluding carboxylic acids is 1. The van der Waals surface area contributed by atoms with Crippen molar-refractivity contribution >= 4 is 5.91 Å². The average Bonchev–Trinajstić information content (AvgIpc) is 3.01. The molecule has 5 nitrogen and oxygen atoms in total. The van der Waals surface area contributed by atoms with Crippen LogP contribution in [0.15, 0.2) is 42.6 Å². The third-order valence-electron chi connectivity index (χ3n) is 4.53. The summed E-state index contributed by atoms with van der Waals surface area (Å²) in [6.07, 6.45) is 2.07. The number of benzene rings is 1. The van der Waals surface area contributed by atoms with Crippen LogP contribution in [0.3, 0.4) is 0 Å². The van der Waals surface area contributed by atoms with Gasteiger partial charge in [0.1, 0.15) is 0 Å². The number of hydrogen-bond acceptors (Lipinski definition) is 3. The maximum atomic E-state index is 12.2. The number of aromatic nitrogens is 1. The largest absolute Gasteiger partial charge is 0.378 e. The summed E-state index contributed by atoms with van der Waals surface area (Å²) in [5.41, 5.74) is 3.15.